The van der Waals surface area contributed by atoms with Gasteiger partial charge in [-0.3, -0.25) is 0 Å². The number of aryl methyl sites for hydroxylation is 1. The van der Waals surface area contributed by atoms with E-state index < -0.39 is 0 Å². The molecule has 0 atom stereocenters. The number of hydrogen-bond donors (Lipinski definition) is 0. The third-order valence-corrected chi connectivity index (χ3v) is 11.0. The number of rotatable bonds is 6. The highest BCUT2D eigenvalue weighted by atomic mass is 32.2. The summed E-state index contributed by atoms with van der Waals surface area (Å²) in [5, 5.41) is 4.74. The Balaban J connectivity index is 1.20. The van der Waals surface area contributed by atoms with Gasteiger partial charge in [0.2, 0.25) is 5.89 Å². The number of fused-ring (bicyclic) bond motifs is 6. The quantitative estimate of drug-likeness (QED) is 0.181. The van der Waals surface area contributed by atoms with E-state index in [4.69, 9.17) is 9.40 Å². The molecule has 0 bridgehead atoms. The lowest BCUT2D eigenvalue weighted by Gasteiger charge is -2.27. The molecule has 224 valence electrons. The predicted molar refractivity (Wildman–Crippen MR) is 200 cm³/mol. The molecule has 2 heterocycles. The van der Waals surface area contributed by atoms with Crippen molar-refractivity contribution in [3.05, 3.63) is 157 Å². The van der Waals surface area contributed by atoms with Crippen LogP contribution in [0.3, 0.4) is 0 Å². The Labute approximate surface area is 280 Å². The van der Waals surface area contributed by atoms with E-state index in [1.165, 1.54) is 35.5 Å². The zero-order valence-electron chi connectivity index (χ0n) is 25.6. The maximum absolute atomic E-state index is 6.37. The maximum atomic E-state index is 6.37. The smallest absolute Gasteiger partial charge is 0.227 e. The van der Waals surface area contributed by atoms with Gasteiger partial charge in [-0.2, -0.15) is 0 Å². The highest BCUT2D eigenvalue weighted by Gasteiger charge is 2.18. The highest BCUT2D eigenvalue weighted by Crippen LogP contribution is 2.43. The number of oxazole rings is 1. The molecule has 0 radical (unpaired) electrons. The van der Waals surface area contributed by atoms with Gasteiger partial charge in [-0.15, -0.1) is 11.3 Å². The third-order valence-electron chi connectivity index (χ3n) is 8.65. The number of benzene rings is 7. The van der Waals surface area contributed by atoms with Crippen LogP contribution in [0.5, 0.6) is 0 Å². The lowest BCUT2D eigenvalue weighted by atomic mass is 10.1. The third kappa shape index (κ3) is 5.05. The molecule has 0 amide bonds. The molecular weight excluding hydrogens is 613 g/mol. The zero-order valence-corrected chi connectivity index (χ0v) is 27.2. The topological polar surface area (TPSA) is 29.3 Å². The minimum Gasteiger partial charge on any atom is -0.435 e. The SMILES string of the molecule is Cc1ccc(N(c2ccc3c(ccc4nc(-c5ccccc5)oc43)c2)c2ccc3c(c2)sc2ccccc23)cc1Sc1ccccc1. The number of anilines is 3. The van der Waals surface area contributed by atoms with Crippen LogP contribution in [0.15, 0.2) is 166 Å². The van der Waals surface area contributed by atoms with Gasteiger partial charge < -0.3 is 9.32 Å². The van der Waals surface area contributed by atoms with Gasteiger partial charge in [0.25, 0.3) is 0 Å². The van der Waals surface area contributed by atoms with Gasteiger partial charge in [0.15, 0.2) is 5.58 Å². The van der Waals surface area contributed by atoms with Crippen LogP contribution < -0.4 is 4.90 Å². The standard InChI is InChI=1S/C42H28N2OS2/c1-27-16-18-31(25-39(27)46-33-12-6-3-7-13-33)44(32-20-22-36-35-14-8-9-15-38(35)47-40(36)26-32)30-19-21-34-29(24-30)17-23-37-41(34)45-42(43-37)28-10-4-2-5-11-28/h2-26H,1H3. The molecule has 9 rings (SSSR count). The van der Waals surface area contributed by atoms with Crippen LogP contribution in [0.4, 0.5) is 17.1 Å². The van der Waals surface area contributed by atoms with Crippen molar-refractivity contribution in [2.45, 2.75) is 16.7 Å². The van der Waals surface area contributed by atoms with Crippen molar-refractivity contribution in [2.24, 2.45) is 0 Å². The van der Waals surface area contributed by atoms with E-state index in [0.29, 0.717) is 5.89 Å². The summed E-state index contributed by atoms with van der Waals surface area (Å²) in [5.74, 6) is 0.638. The van der Waals surface area contributed by atoms with Crippen molar-refractivity contribution in [3.8, 4) is 11.5 Å². The van der Waals surface area contributed by atoms with Crippen molar-refractivity contribution in [1.82, 2.24) is 4.98 Å². The van der Waals surface area contributed by atoms with Crippen LogP contribution in [0, 0.1) is 6.92 Å². The summed E-state index contributed by atoms with van der Waals surface area (Å²) in [5.41, 5.74) is 7.21. The van der Waals surface area contributed by atoms with Gasteiger partial charge in [0, 0.05) is 58.0 Å². The Morgan fingerprint density at radius 2 is 1.28 bits per heavy atom. The van der Waals surface area contributed by atoms with Gasteiger partial charge in [-0.25, -0.2) is 4.98 Å². The van der Waals surface area contributed by atoms with E-state index in [2.05, 4.69) is 133 Å². The fourth-order valence-electron chi connectivity index (χ4n) is 6.30. The molecule has 5 heteroatoms. The summed E-state index contributed by atoms with van der Waals surface area (Å²) in [6.45, 7) is 2.19. The van der Waals surface area contributed by atoms with E-state index >= 15 is 0 Å². The van der Waals surface area contributed by atoms with Gasteiger partial charge in [-0.1, -0.05) is 84.6 Å². The fourth-order valence-corrected chi connectivity index (χ4v) is 8.39. The normalized spacial score (nSPS) is 11.6. The molecule has 0 fully saturated rings. The Kier molecular flexibility index (Phi) is 6.81. The molecule has 9 aromatic rings. The maximum Gasteiger partial charge on any atom is 0.227 e. The largest absolute Gasteiger partial charge is 0.435 e. The van der Waals surface area contributed by atoms with Crippen LogP contribution >= 0.6 is 23.1 Å². The Morgan fingerprint density at radius 1 is 0.596 bits per heavy atom. The molecule has 0 saturated carbocycles. The molecule has 0 unspecified atom stereocenters. The molecule has 0 aliphatic carbocycles. The average Bonchev–Trinajstić information content (AvgIpc) is 3.72. The molecule has 7 aromatic carbocycles. The van der Waals surface area contributed by atoms with Gasteiger partial charge in [0.1, 0.15) is 5.52 Å². The summed E-state index contributed by atoms with van der Waals surface area (Å²) in [6, 6.07) is 53.8. The summed E-state index contributed by atoms with van der Waals surface area (Å²) in [6.07, 6.45) is 0. The lowest BCUT2D eigenvalue weighted by Crippen LogP contribution is -2.10. The van der Waals surface area contributed by atoms with Crippen LogP contribution in [0.2, 0.25) is 0 Å². The van der Waals surface area contributed by atoms with Crippen molar-refractivity contribution < 1.29 is 4.42 Å². The minimum absolute atomic E-state index is 0.638. The first-order chi connectivity index (χ1) is 23.2. The van der Waals surface area contributed by atoms with Gasteiger partial charge in [0.05, 0.1) is 0 Å². The van der Waals surface area contributed by atoms with Crippen LogP contribution in [0.1, 0.15) is 5.56 Å². The first kappa shape index (κ1) is 27.9. The van der Waals surface area contributed by atoms with Crippen molar-refractivity contribution in [3.63, 3.8) is 0 Å². The highest BCUT2D eigenvalue weighted by molar-refractivity contribution is 7.99. The second kappa shape index (κ2) is 11.5. The molecule has 2 aromatic heterocycles. The number of aromatic nitrogens is 1. The molecular formula is C42H28N2OS2. The van der Waals surface area contributed by atoms with E-state index in [-0.39, 0.29) is 0 Å². The molecule has 0 aliphatic rings. The Morgan fingerprint density at radius 3 is 2.13 bits per heavy atom. The van der Waals surface area contributed by atoms with E-state index in [9.17, 15) is 0 Å². The monoisotopic (exact) mass is 640 g/mol. The molecule has 3 nitrogen and oxygen atoms in total. The van der Waals surface area contributed by atoms with Crippen LogP contribution in [-0.4, -0.2) is 4.98 Å². The second-order valence-corrected chi connectivity index (χ2v) is 13.9. The summed E-state index contributed by atoms with van der Waals surface area (Å²) < 4.78 is 8.95. The Bertz CT molecular complexity index is 2570. The van der Waals surface area contributed by atoms with Crippen molar-refractivity contribution >= 4 is 82.2 Å². The second-order valence-electron chi connectivity index (χ2n) is 11.7. The minimum atomic E-state index is 0.638. The molecule has 0 N–H and O–H groups in total. The summed E-state index contributed by atoms with van der Waals surface area (Å²) >= 11 is 3.65. The van der Waals surface area contributed by atoms with E-state index in [0.717, 1.165) is 44.5 Å². The zero-order chi connectivity index (χ0) is 31.3. The molecule has 0 spiro atoms. The fraction of sp³-hybridized carbons (Fsp3) is 0.0238. The first-order valence-corrected chi connectivity index (χ1v) is 17.2. The van der Waals surface area contributed by atoms with E-state index in [1.54, 1.807) is 11.8 Å². The van der Waals surface area contributed by atoms with Gasteiger partial charge in [-0.05, 0) is 96.7 Å². The molecule has 0 saturated heterocycles. The molecule has 0 aliphatic heterocycles. The first-order valence-electron chi connectivity index (χ1n) is 15.6. The van der Waals surface area contributed by atoms with Crippen molar-refractivity contribution in [1.29, 1.82) is 0 Å². The number of thiophene rings is 1. The summed E-state index contributed by atoms with van der Waals surface area (Å²) in [4.78, 5) is 9.64. The number of nitrogens with zero attached hydrogens (tertiary/aromatic N) is 2. The van der Waals surface area contributed by atoms with E-state index in [1.807, 2.05) is 41.7 Å². The lowest BCUT2D eigenvalue weighted by molar-refractivity contribution is 0.623. The molecule has 47 heavy (non-hydrogen) atoms. The Hall–Kier alpha value is -5.36. The summed E-state index contributed by atoms with van der Waals surface area (Å²) in [7, 11) is 0. The average molecular weight is 641 g/mol. The predicted octanol–water partition coefficient (Wildman–Crippen LogP) is 12.9. The van der Waals surface area contributed by atoms with Crippen LogP contribution in [0.25, 0.3) is 53.5 Å². The van der Waals surface area contributed by atoms with Crippen molar-refractivity contribution in [2.75, 3.05) is 4.90 Å². The van der Waals surface area contributed by atoms with Crippen LogP contribution in [-0.2, 0) is 0 Å². The number of hydrogen-bond acceptors (Lipinski definition) is 5. The van der Waals surface area contributed by atoms with Gasteiger partial charge >= 0.3 is 0 Å².